The molecule has 7 nitrogen and oxygen atoms in total. The average molecular weight is 302 g/mol. The van der Waals surface area contributed by atoms with Crippen molar-refractivity contribution in [1.29, 1.82) is 0 Å². The first-order valence-corrected chi connectivity index (χ1v) is 7.69. The van der Waals surface area contributed by atoms with Gasteiger partial charge in [-0.2, -0.15) is 5.10 Å². The van der Waals surface area contributed by atoms with Crippen molar-refractivity contribution >= 4 is 5.82 Å². The van der Waals surface area contributed by atoms with Crippen LogP contribution < -0.4 is 4.90 Å². The minimum atomic E-state index is 0.102. The molecule has 22 heavy (non-hydrogen) atoms. The number of aromatic nitrogens is 4. The second kappa shape index (κ2) is 6.39. The molecule has 2 atom stereocenters. The highest BCUT2D eigenvalue weighted by Crippen LogP contribution is 2.26. The van der Waals surface area contributed by atoms with Crippen molar-refractivity contribution in [3.8, 4) is 0 Å². The van der Waals surface area contributed by atoms with Crippen molar-refractivity contribution in [1.82, 2.24) is 25.3 Å². The van der Waals surface area contributed by atoms with Gasteiger partial charge in [0.05, 0.1) is 6.04 Å². The minimum absolute atomic E-state index is 0.102. The topological polar surface area (TPSA) is 71.2 Å². The number of anilines is 1. The molecule has 0 radical (unpaired) electrons. The maximum Gasteiger partial charge on any atom is 0.233 e. The van der Waals surface area contributed by atoms with E-state index in [2.05, 4.69) is 44.2 Å². The van der Waals surface area contributed by atoms with E-state index in [1.807, 2.05) is 19.1 Å². The number of aryl methyl sites for hydroxylation is 1. The first kappa shape index (κ1) is 14.9. The third kappa shape index (κ3) is 3.09. The summed E-state index contributed by atoms with van der Waals surface area (Å²) in [5.41, 5.74) is 0. The van der Waals surface area contributed by atoms with Crippen LogP contribution in [0.5, 0.6) is 0 Å². The summed E-state index contributed by atoms with van der Waals surface area (Å²) >= 11 is 0. The summed E-state index contributed by atoms with van der Waals surface area (Å²) < 4.78 is 5.54. The molecule has 0 aromatic carbocycles. The van der Waals surface area contributed by atoms with Gasteiger partial charge in [0, 0.05) is 32.3 Å². The predicted molar refractivity (Wildman–Crippen MR) is 82.5 cm³/mol. The average Bonchev–Trinajstić information content (AvgIpc) is 3.16. The lowest BCUT2D eigenvalue weighted by Crippen LogP contribution is -2.40. The molecule has 3 heterocycles. The van der Waals surface area contributed by atoms with Gasteiger partial charge < -0.3 is 9.32 Å². The van der Waals surface area contributed by atoms with Gasteiger partial charge in [0.25, 0.3) is 0 Å². The second-order valence-corrected chi connectivity index (χ2v) is 5.85. The minimum Gasteiger partial charge on any atom is -0.424 e. The summed E-state index contributed by atoms with van der Waals surface area (Å²) in [6.45, 7) is 5.87. The third-order valence-corrected chi connectivity index (χ3v) is 4.29. The Kier molecular flexibility index (Phi) is 4.33. The third-order valence-electron chi connectivity index (χ3n) is 4.29. The lowest BCUT2D eigenvalue weighted by Gasteiger charge is -2.31. The van der Waals surface area contributed by atoms with E-state index in [4.69, 9.17) is 4.42 Å². The molecule has 0 spiro atoms. The molecule has 2 aromatic rings. The van der Waals surface area contributed by atoms with Crippen LogP contribution in [0, 0.1) is 6.92 Å². The van der Waals surface area contributed by atoms with Gasteiger partial charge in [-0.05, 0) is 38.9 Å². The van der Waals surface area contributed by atoms with Crippen LogP contribution >= 0.6 is 0 Å². The predicted octanol–water partition coefficient (Wildman–Crippen LogP) is 1.83. The zero-order chi connectivity index (χ0) is 15.5. The summed E-state index contributed by atoms with van der Waals surface area (Å²) in [6.07, 6.45) is 4.06. The molecule has 1 saturated heterocycles. The quantitative estimate of drug-likeness (QED) is 0.834. The Morgan fingerprint density at radius 2 is 2.27 bits per heavy atom. The molecule has 0 amide bonds. The molecule has 7 heteroatoms. The number of rotatable bonds is 5. The normalized spacial score (nSPS) is 19.8. The van der Waals surface area contributed by atoms with Crippen LogP contribution in [0.25, 0.3) is 0 Å². The number of hydrogen-bond acceptors (Lipinski definition) is 7. The summed E-state index contributed by atoms with van der Waals surface area (Å²) in [7, 11) is 2.09. The van der Waals surface area contributed by atoms with Crippen molar-refractivity contribution in [3.05, 3.63) is 30.1 Å². The van der Waals surface area contributed by atoms with E-state index in [0.29, 0.717) is 17.8 Å². The van der Waals surface area contributed by atoms with E-state index in [1.165, 1.54) is 6.42 Å². The molecule has 1 aliphatic rings. The largest absolute Gasteiger partial charge is 0.424 e. The van der Waals surface area contributed by atoms with Crippen LogP contribution in [-0.4, -0.2) is 51.5 Å². The molecule has 0 aliphatic carbocycles. The monoisotopic (exact) mass is 302 g/mol. The molecule has 1 aliphatic heterocycles. The maximum absolute atomic E-state index is 5.54. The maximum atomic E-state index is 5.54. The SMILES string of the molecule is Cc1nnc([C@@H](C)N(C)C[C@@H]2CCCN2c2cccnn2)o1. The number of hydrogen-bond donors (Lipinski definition) is 0. The van der Waals surface area contributed by atoms with E-state index < -0.39 is 0 Å². The Morgan fingerprint density at radius 3 is 2.95 bits per heavy atom. The zero-order valence-corrected chi connectivity index (χ0v) is 13.3. The highest BCUT2D eigenvalue weighted by molar-refractivity contribution is 5.39. The first-order valence-electron chi connectivity index (χ1n) is 7.69. The van der Waals surface area contributed by atoms with Crippen LogP contribution in [0.1, 0.15) is 37.6 Å². The molecule has 0 saturated carbocycles. The summed E-state index contributed by atoms with van der Waals surface area (Å²) in [6, 6.07) is 4.50. The Morgan fingerprint density at radius 1 is 1.41 bits per heavy atom. The highest BCUT2D eigenvalue weighted by Gasteiger charge is 2.29. The fraction of sp³-hybridized carbons (Fsp3) is 0.600. The van der Waals surface area contributed by atoms with Gasteiger partial charge in [0.2, 0.25) is 11.8 Å². The van der Waals surface area contributed by atoms with E-state index in [1.54, 1.807) is 6.20 Å². The van der Waals surface area contributed by atoms with Gasteiger partial charge in [-0.1, -0.05) is 0 Å². The fourth-order valence-corrected chi connectivity index (χ4v) is 2.93. The highest BCUT2D eigenvalue weighted by atomic mass is 16.4. The van der Waals surface area contributed by atoms with Crippen LogP contribution in [-0.2, 0) is 0 Å². The Hall–Kier alpha value is -2.02. The lowest BCUT2D eigenvalue weighted by molar-refractivity contribution is 0.210. The Labute approximate surface area is 130 Å². The van der Waals surface area contributed by atoms with Gasteiger partial charge in [-0.25, -0.2) is 0 Å². The smallest absolute Gasteiger partial charge is 0.233 e. The summed E-state index contributed by atoms with van der Waals surface area (Å²) in [5.74, 6) is 2.24. The molecule has 118 valence electrons. The molecule has 3 rings (SSSR count). The summed E-state index contributed by atoms with van der Waals surface area (Å²) in [5, 5.41) is 16.3. The molecule has 0 bridgehead atoms. The van der Waals surface area contributed by atoms with Crippen LogP contribution in [0.2, 0.25) is 0 Å². The van der Waals surface area contributed by atoms with E-state index in [9.17, 15) is 0 Å². The van der Waals surface area contributed by atoms with E-state index in [0.717, 1.165) is 25.3 Å². The van der Waals surface area contributed by atoms with Gasteiger partial charge in [0.1, 0.15) is 0 Å². The molecule has 1 fully saturated rings. The first-order chi connectivity index (χ1) is 10.6. The second-order valence-electron chi connectivity index (χ2n) is 5.85. The van der Waals surface area contributed by atoms with Gasteiger partial charge >= 0.3 is 0 Å². The van der Waals surface area contributed by atoms with Crippen molar-refractivity contribution in [2.24, 2.45) is 0 Å². The van der Waals surface area contributed by atoms with Crippen LogP contribution in [0.4, 0.5) is 5.82 Å². The molecular formula is C15H22N6O. The van der Waals surface area contributed by atoms with Gasteiger partial charge in [-0.15, -0.1) is 15.3 Å². The molecule has 2 aromatic heterocycles. The zero-order valence-electron chi connectivity index (χ0n) is 13.3. The van der Waals surface area contributed by atoms with Crippen molar-refractivity contribution in [3.63, 3.8) is 0 Å². The van der Waals surface area contributed by atoms with E-state index >= 15 is 0 Å². The fourth-order valence-electron chi connectivity index (χ4n) is 2.93. The Balaban J connectivity index is 1.66. The van der Waals surface area contributed by atoms with Gasteiger partial charge in [-0.3, -0.25) is 4.90 Å². The van der Waals surface area contributed by atoms with Crippen molar-refractivity contribution in [2.75, 3.05) is 25.0 Å². The standard InChI is InChI=1S/C15H22N6O/c1-11(15-19-17-12(2)22-15)20(3)10-13-6-5-9-21(13)14-7-4-8-16-18-14/h4,7-8,11,13H,5-6,9-10H2,1-3H3/t11-,13+/m1/s1. The van der Waals surface area contributed by atoms with Crippen LogP contribution in [0.3, 0.4) is 0 Å². The molecule has 0 N–H and O–H groups in total. The van der Waals surface area contributed by atoms with Gasteiger partial charge in [0.15, 0.2) is 5.82 Å². The molecular weight excluding hydrogens is 280 g/mol. The molecule has 0 unspecified atom stereocenters. The van der Waals surface area contributed by atoms with Crippen molar-refractivity contribution in [2.45, 2.75) is 38.8 Å². The van der Waals surface area contributed by atoms with E-state index in [-0.39, 0.29) is 6.04 Å². The number of nitrogens with zero attached hydrogens (tertiary/aromatic N) is 6. The van der Waals surface area contributed by atoms with Crippen LogP contribution in [0.15, 0.2) is 22.7 Å². The Bertz CT molecular complexity index is 601. The lowest BCUT2D eigenvalue weighted by atomic mass is 10.2. The van der Waals surface area contributed by atoms with Crippen molar-refractivity contribution < 1.29 is 4.42 Å². The number of likely N-dealkylation sites (N-methyl/N-ethyl adjacent to an activating group) is 1. The summed E-state index contributed by atoms with van der Waals surface area (Å²) in [4.78, 5) is 4.60.